The standard InChI is InChI=1S/C35H41N3O5/c39-34(43-32-23-37-18-16-28(32)17-19-37)36-33(29-10-5-2-6-11-29)30-12-7-13-31(22-30)41-24-27-14-20-38(21-15-27)35(40)42-25-26-8-3-1-4-9-26/h1-13,22,27-28,32-33H,14-21,23-25H2,(H,36,39)/t32?,33-/m0/s1. The Hall–Kier alpha value is -4.04. The van der Waals surface area contributed by atoms with Crippen LogP contribution in [-0.2, 0) is 16.1 Å². The predicted octanol–water partition coefficient (Wildman–Crippen LogP) is 6.02. The molecule has 0 saturated carbocycles. The minimum absolute atomic E-state index is 0.0503. The number of fused-ring (bicyclic) bond motifs is 3. The van der Waals surface area contributed by atoms with Crippen LogP contribution in [0.3, 0.4) is 0 Å². The number of carbonyl (C=O) groups excluding carboxylic acids is 2. The fraction of sp³-hybridized carbons (Fsp3) is 0.429. The summed E-state index contributed by atoms with van der Waals surface area (Å²) >= 11 is 0. The van der Waals surface area contributed by atoms with Crippen LogP contribution in [-0.4, -0.2) is 67.4 Å². The van der Waals surface area contributed by atoms with Crippen molar-refractivity contribution >= 4 is 12.2 Å². The molecule has 3 aromatic rings. The van der Waals surface area contributed by atoms with Gasteiger partial charge >= 0.3 is 12.2 Å². The topological polar surface area (TPSA) is 80.3 Å². The molecule has 2 amide bonds. The monoisotopic (exact) mass is 583 g/mol. The molecular formula is C35H41N3O5. The van der Waals surface area contributed by atoms with Gasteiger partial charge in [0.25, 0.3) is 0 Å². The van der Waals surface area contributed by atoms with E-state index in [1.54, 1.807) is 4.90 Å². The molecule has 7 rings (SSSR count). The van der Waals surface area contributed by atoms with E-state index in [4.69, 9.17) is 14.2 Å². The summed E-state index contributed by atoms with van der Waals surface area (Å²) in [6, 6.07) is 27.3. The van der Waals surface area contributed by atoms with Crippen LogP contribution in [0.1, 0.15) is 48.4 Å². The maximum absolute atomic E-state index is 13.1. The number of hydrogen-bond acceptors (Lipinski definition) is 6. The zero-order valence-electron chi connectivity index (χ0n) is 24.6. The number of nitrogens with one attached hydrogen (secondary N) is 1. The van der Waals surface area contributed by atoms with Crippen molar-refractivity contribution in [3.8, 4) is 5.75 Å². The zero-order chi connectivity index (χ0) is 29.4. The van der Waals surface area contributed by atoms with Crippen LogP contribution in [0.15, 0.2) is 84.9 Å². The molecule has 8 heteroatoms. The third-order valence-electron chi connectivity index (χ3n) is 9.00. The summed E-state index contributed by atoms with van der Waals surface area (Å²) in [6.07, 6.45) is 3.22. The number of ether oxygens (including phenoxy) is 3. The Morgan fingerprint density at radius 3 is 2.21 bits per heavy atom. The first-order valence-electron chi connectivity index (χ1n) is 15.5. The van der Waals surface area contributed by atoms with Gasteiger partial charge in [-0.25, -0.2) is 9.59 Å². The molecule has 4 aliphatic heterocycles. The average Bonchev–Trinajstić information content (AvgIpc) is 3.07. The van der Waals surface area contributed by atoms with Gasteiger partial charge in [-0.1, -0.05) is 72.8 Å². The molecule has 43 heavy (non-hydrogen) atoms. The predicted molar refractivity (Wildman–Crippen MR) is 164 cm³/mol. The average molecular weight is 584 g/mol. The first-order chi connectivity index (χ1) is 21.1. The van der Waals surface area contributed by atoms with Gasteiger partial charge in [0, 0.05) is 19.6 Å². The summed E-state index contributed by atoms with van der Waals surface area (Å²) in [5.74, 6) is 1.56. The molecule has 2 atom stereocenters. The van der Waals surface area contributed by atoms with E-state index in [1.165, 1.54) is 0 Å². The number of likely N-dealkylation sites (tertiary alicyclic amines) is 1. The van der Waals surface area contributed by atoms with Crippen LogP contribution in [0.25, 0.3) is 0 Å². The molecule has 3 aromatic carbocycles. The van der Waals surface area contributed by atoms with Crippen molar-refractivity contribution in [1.29, 1.82) is 0 Å². The second kappa shape index (κ2) is 14.0. The minimum Gasteiger partial charge on any atom is -0.493 e. The summed E-state index contributed by atoms with van der Waals surface area (Å²) in [4.78, 5) is 29.8. The van der Waals surface area contributed by atoms with Gasteiger partial charge in [0.1, 0.15) is 18.5 Å². The number of amides is 2. The molecule has 0 aliphatic carbocycles. The lowest BCUT2D eigenvalue weighted by Crippen LogP contribution is -2.52. The molecule has 2 bridgehead atoms. The molecule has 4 aliphatic rings. The number of hydrogen-bond donors (Lipinski definition) is 1. The molecular weight excluding hydrogens is 542 g/mol. The highest BCUT2D eigenvalue weighted by molar-refractivity contribution is 5.69. The van der Waals surface area contributed by atoms with E-state index in [9.17, 15) is 9.59 Å². The Kier molecular flexibility index (Phi) is 9.43. The molecule has 4 heterocycles. The summed E-state index contributed by atoms with van der Waals surface area (Å²) in [6.45, 7) is 5.20. The summed E-state index contributed by atoms with van der Waals surface area (Å²) in [5, 5.41) is 3.14. The number of nitrogens with zero attached hydrogens (tertiary/aromatic N) is 2. The van der Waals surface area contributed by atoms with Gasteiger partial charge in [0.15, 0.2) is 0 Å². The van der Waals surface area contributed by atoms with Gasteiger partial charge in [0.05, 0.1) is 12.6 Å². The van der Waals surface area contributed by atoms with Crippen molar-refractivity contribution in [1.82, 2.24) is 15.1 Å². The van der Waals surface area contributed by atoms with Crippen molar-refractivity contribution in [2.75, 3.05) is 39.3 Å². The molecule has 226 valence electrons. The zero-order valence-corrected chi connectivity index (χ0v) is 24.6. The molecule has 0 spiro atoms. The first-order valence-corrected chi connectivity index (χ1v) is 15.5. The molecule has 1 unspecified atom stereocenters. The van der Waals surface area contributed by atoms with Crippen LogP contribution in [0.5, 0.6) is 5.75 Å². The van der Waals surface area contributed by atoms with Gasteiger partial charge in [-0.3, -0.25) is 4.90 Å². The Bertz CT molecular complexity index is 1340. The van der Waals surface area contributed by atoms with Crippen molar-refractivity contribution in [3.05, 3.63) is 102 Å². The van der Waals surface area contributed by atoms with Crippen LogP contribution in [0.4, 0.5) is 9.59 Å². The highest BCUT2D eigenvalue weighted by Crippen LogP contribution is 2.31. The molecule has 8 nitrogen and oxygen atoms in total. The van der Waals surface area contributed by atoms with E-state index in [2.05, 4.69) is 10.2 Å². The quantitative estimate of drug-likeness (QED) is 0.332. The number of rotatable bonds is 9. The van der Waals surface area contributed by atoms with Gasteiger partial charge in [0.2, 0.25) is 0 Å². The van der Waals surface area contributed by atoms with Crippen molar-refractivity contribution in [2.24, 2.45) is 11.8 Å². The second-order valence-electron chi connectivity index (χ2n) is 11.9. The SMILES string of the molecule is O=C(N[C@@H](c1ccccc1)c1cccc(OCC2CCN(C(=O)OCc3ccccc3)CC2)c1)OC1CN2CCC1CC2. The van der Waals surface area contributed by atoms with E-state index in [1.807, 2.05) is 84.9 Å². The Balaban J connectivity index is 1.02. The van der Waals surface area contributed by atoms with Crippen LogP contribution in [0.2, 0.25) is 0 Å². The molecule has 0 aromatic heterocycles. The molecule has 0 radical (unpaired) electrons. The van der Waals surface area contributed by atoms with Crippen LogP contribution in [0, 0.1) is 11.8 Å². The molecule has 4 saturated heterocycles. The lowest BCUT2D eigenvalue weighted by atomic mass is 9.86. The van der Waals surface area contributed by atoms with Gasteiger partial charge < -0.3 is 24.4 Å². The van der Waals surface area contributed by atoms with Crippen molar-refractivity contribution in [3.63, 3.8) is 0 Å². The maximum atomic E-state index is 13.1. The van der Waals surface area contributed by atoms with Gasteiger partial charge in [-0.2, -0.15) is 0 Å². The fourth-order valence-electron chi connectivity index (χ4n) is 6.43. The number of benzene rings is 3. The van der Waals surface area contributed by atoms with E-state index in [-0.39, 0.29) is 30.9 Å². The fourth-order valence-corrected chi connectivity index (χ4v) is 6.43. The van der Waals surface area contributed by atoms with Gasteiger partial charge in [-0.05, 0) is 79.4 Å². The third kappa shape index (κ3) is 7.68. The molecule has 4 fully saturated rings. The lowest BCUT2D eigenvalue weighted by Gasteiger charge is -2.43. The number of piperidine rings is 4. The Morgan fingerprint density at radius 1 is 0.814 bits per heavy atom. The summed E-state index contributed by atoms with van der Waals surface area (Å²) in [7, 11) is 0. The van der Waals surface area contributed by atoms with E-state index in [0.717, 1.165) is 67.8 Å². The Morgan fingerprint density at radius 2 is 1.51 bits per heavy atom. The highest BCUT2D eigenvalue weighted by Gasteiger charge is 2.37. The van der Waals surface area contributed by atoms with E-state index < -0.39 is 0 Å². The maximum Gasteiger partial charge on any atom is 0.410 e. The summed E-state index contributed by atoms with van der Waals surface area (Å²) in [5.41, 5.74) is 2.90. The lowest BCUT2D eigenvalue weighted by molar-refractivity contribution is -0.0336. The Labute approximate surface area is 253 Å². The number of alkyl carbamates (subject to hydrolysis) is 1. The second-order valence-corrected chi connectivity index (χ2v) is 11.9. The van der Waals surface area contributed by atoms with E-state index in [0.29, 0.717) is 31.5 Å². The number of carbonyl (C=O) groups is 2. The van der Waals surface area contributed by atoms with Crippen molar-refractivity contribution < 1.29 is 23.8 Å². The van der Waals surface area contributed by atoms with Gasteiger partial charge in [-0.15, -0.1) is 0 Å². The molecule has 1 N–H and O–H groups in total. The minimum atomic E-state index is -0.382. The summed E-state index contributed by atoms with van der Waals surface area (Å²) < 4.78 is 17.7. The highest BCUT2D eigenvalue weighted by atomic mass is 16.6. The largest absolute Gasteiger partial charge is 0.493 e. The van der Waals surface area contributed by atoms with E-state index >= 15 is 0 Å². The smallest absolute Gasteiger partial charge is 0.410 e. The first kappa shape index (κ1) is 29.1. The van der Waals surface area contributed by atoms with Crippen LogP contribution >= 0.6 is 0 Å². The van der Waals surface area contributed by atoms with Crippen LogP contribution < -0.4 is 10.1 Å². The van der Waals surface area contributed by atoms with Crippen molar-refractivity contribution in [2.45, 2.75) is 44.4 Å². The normalized spacial score (nSPS) is 22.4. The third-order valence-corrected chi connectivity index (χ3v) is 9.00.